The van der Waals surface area contributed by atoms with Gasteiger partial charge in [-0.05, 0) is 49.4 Å². The largest absolute Gasteiger partial charge is 0.478 e. The minimum Gasteiger partial charge on any atom is -0.478 e. The number of fused-ring (bicyclic) bond motifs is 5. The zero-order valence-corrected chi connectivity index (χ0v) is 14.9. The molecule has 4 nitrogen and oxygen atoms in total. The number of hydrogen-bond acceptors (Lipinski definition) is 4. The molecule has 0 unspecified atom stereocenters. The molecule has 0 saturated heterocycles. The van der Waals surface area contributed by atoms with Crippen LogP contribution in [-0.4, -0.2) is 11.6 Å². The average molecular weight is 347 g/mol. The Morgan fingerprint density at radius 3 is 2.65 bits per heavy atom. The van der Waals surface area contributed by atoms with Crippen molar-refractivity contribution in [3.05, 3.63) is 74.6 Å². The van der Waals surface area contributed by atoms with E-state index in [1.807, 2.05) is 6.07 Å². The summed E-state index contributed by atoms with van der Waals surface area (Å²) in [5.41, 5.74) is 6.09. The summed E-state index contributed by atoms with van der Waals surface area (Å²) in [6, 6.07) is 12.6. The smallest absolute Gasteiger partial charge is 0.339 e. The predicted octanol–water partition coefficient (Wildman–Crippen LogP) is 3.94. The van der Waals surface area contributed by atoms with E-state index in [4.69, 9.17) is 9.15 Å². The Balaban J connectivity index is 1.53. The third kappa shape index (κ3) is 2.53. The molecular formula is C22H21NO3. The van der Waals surface area contributed by atoms with Gasteiger partial charge in [-0.3, -0.25) is 4.90 Å². The highest BCUT2D eigenvalue weighted by Crippen LogP contribution is 2.36. The molecule has 5 rings (SSSR count). The molecule has 0 amide bonds. The molecule has 0 saturated carbocycles. The first-order valence-electron chi connectivity index (χ1n) is 9.20. The third-order valence-electron chi connectivity index (χ3n) is 5.51. The maximum absolute atomic E-state index is 12.4. The zero-order valence-electron chi connectivity index (χ0n) is 14.9. The summed E-state index contributed by atoms with van der Waals surface area (Å²) in [6.07, 6.45) is 2.83. The minimum atomic E-state index is -0.172. The Bertz CT molecular complexity index is 1050. The fraction of sp³-hybridized carbons (Fsp3) is 0.318. The van der Waals surface area contributed by atoms with Gasteiger partial charge in [0.1, 0.15) is 18.1 Å². The van der Waals surface area contributed by atoms with Crippen molar-refractivity contribution < 1.29 is 9.15 Å². The Kier molecular flexibility index (Phi) is 3.61. The first-order chi connectivity index (χ1) is 12.7. The standard InChI is InChI=1S/C22H21NO3/c1-14-5-7-15(8-6-14)11-23-12-19-20(25-13-23)10-9-17-16-3-2-4-18(16)22(24)26-21(17)19/h5-10H,2-4,11-13H2,1H3. The van der Waals surface area contributed by atoms with Crippen molar-refractivity contribution in [3.63, 3.8) is 0 Å². The maximum atomic E-state index is 12.4. The number of benzene rings is 2. The van der Waals surface area contributed by atoms with E-state index < -0.39 is 0 Å². The summed E-state index contributed by atoms with van der Waals surface area (Å²) in [4.78, 5) is 14.6. The second-order valence-corrected chi connectivity index (χ2v) is 7.37. The molecule has 2 heterocycles. The van der Waals surface area contributed by atoms with E-state index in [2.05, 4.69) is 42.2 Å². The minimum absolute atomic E-state index is 0.172. The second-order valence-electron chi connectivity index (χ2n) is 7.37. The Morgan fingerprint density at radius 1 is 1.00 bits per heavy atom. The number of ether oxygens (including phenoxy) is 1. The van der Waals surface area contributed by atoms with E-state index in [1.54, 1.807) is 0 Å². The van der Waals surface area contributed by atoms with Crippen LogP contribution in [0.15, 0.2) is 45.6 Å². The first-order valence-corrected chi connectivity index (χ1v) is 9.20. The van der Waals surface area contributed by atoms with Crippen molar-refractivity contribution in [2.24, 2.45) is 0 Å². The van der Waals surface area contributed by atoms with Crippen LogP contribution in [0.5, 0.6) is 5.75 Å². The Hall–Kier alpha value is -2.59. The van der Waals surface area contributed by atoms with Crippen LogP contribution >= 0.6 is 0 Å². The summed E-state index contributed by atoms with van der Waals surface area (Å²) < 4.78 is 11.7. The first kappa shape index (κ1) is 15.6. The van der Waals surface area contributed by atoms with Gasteiger partial charge >= 0.3 is 5.63 Å². The normalized spacial score (nSPS) is 16.3. The lowest BCUT2D eigenvalue weighted by Crippen LogP contribution is -2.31. The van der Waals surface area contributed by atoms with E-state index in [1.165, 1.54) is 16.7 Å². The molecule has 0 fully saturated rings. The summed E-state index contributed by atoms with van der Waals surface area (Å²) in [5.74, 6) is 0.832. The van der Waals surface area contributed by atoms with Gasteiger partial charge < -0.3 is 9.15 Å². The van der Waals surface area contributed by atoms with E-state index in [0.717, 1.165) is 54.6 Å². The van der Waals surface area contributed by atoms with E-state index in [-0.39, 0.29) is 5.63 Å². The quantitative estimate of drug-likeness (QED) is 0.659. The summed E-state index contributed by atoms with van der Waals surface area (Å²) >= 11 is 0. The molecule has 0 atom stereocenters. The van der Waals surface area contributed by atoms with Gasteiger partial charge in [-0.25, -0.2) is 4.79 Å². The number of nitrogens with zero attached hydrogens (tertiary/aromatic N) is 1. The molecule has 132 valence electrons. The summed E-state index contributed by atoms with van der Waals surface area (Å²) in [6.45, 7) is 4.17. The molecule has 2 aliphatic rings. The molecule has 0 radical (unpaired) electrons. The van der Waals surface area contributed by atoms with Crippen molar-refractivity contribution in [2.45, 2.75) is 39.3 Å². The molecule has 26 heavy (non-hydrogen) atoms. The van der Waals surface area contributed by atoms with Crippen molar-refractivity contribution in [2.75, 3.05) is 6.73 Å². The van der Waals surface area contributed by atoms with Gasteiger partial charge in [0, 0.05) is 24.0 Å². The fourth-order valence-electron chi connectivity index (χ4n) is 4.15. The molecule has 1 aliphatic heterocycles. The number of aryl methyl sites for hydroxylation is 2. The summed E-state index contributed by atoms with van der Waals surface area (Å²) in [5, 5.41) is 1.08. The Morgan fingerprint density at radius 2 is 1.81 bits per heavy atom. The van der Waals surface area contributed by atoms with Crippen LogP contribution in [0.25, 0.3) is 11.0 Å². The second kappa shape index (κ2) is 5.99. The van der Waals surface area contributed by atoms with Crippen LogP contribution in [0, 0.1) is 6.92 Å². The summed E-state index contributed by atoms with van der Waals surface area (Å²) in [7, 11) is 0. The molecule has 4 heteroatoms. The number of hydrogen-bond donors (Lipinski definition) is 0. The zero-order chi connectivity index (χ0) is 17.7. The van der Waals surface area contributed by atoms with E-state index in [0.29, 0.717) is 12.3 Å². The third-order valence-corrected chi connectivity index (χ3v) is 5.51. The van der Waals surface area contributed by atoms with Crippen LogP contribution < -0.4 is 10.4 Å². The van der Waals surface area contributed by atoms with Gasteiger partial charge in [0.15, 0.2) is 0 Å². The van der Waals surface area contributed by atoms with E-state index in [9.17, 15) is 4.79 Å². The van der Waals surface area contributed by atoms with Gasteiger partial charge in [0.05, 0.1) is 5.56 Å². The molecule has 1 aromatic heterocycles. The topological polar surface area (TPSA) is 42.7 Å². The molecule has 1 aliphatic carbocycles. The predicted molar refractivity (Wildman–Crippen MR) is 100 cm³/mol. The van der Waals surface area contributed by atoms with Crippen LogP contribution in [-0.2, 0) is 25.9 Å². The van der Waals surface area contributed by atoms with Crippen LogP contribution in [0.1, 0.15) is 34.2 Å². The van der Waals surface area contributed by atoms with Crippen molar-refractivity contribution >= 4 is 11.0 Å². The molecule has 2 aromatic carbocycles. The highest BCUT2D eigenvalue weighted by Gasteiger charge is 2.25. The van der Waals surface area contributed by atoms with Crippen LogP contribution in [0.3, 0.4) is 0 Å². The lowest BCUT2D eigenvalue weighted by molar-refractivity contribution is 0.0889. The number of rotatable bonds is 2. The molecule has 0 bridgehead atoms. The van der Waals surface area contributed by atoms with Crippen LogP contribution in [0.4, 0.5) is 0 Å². The Labute approximate surface area is 152 Å². The van der Waals surface area contributed by atoms with Crippen molar-refractivity contribution in [1.29, 1.82) is 0 Å². The lowest BCUT2D eigenvalue weighted by atomic mass is 10.0. The molecule has 0 N–H and O–H groups in total. The van der Waals surface area contributed by atoms with Crippen molar-refractivity contribution in [3.8, 4) is 5.75 Å². The SMILES string of the molecule is Cc1ccc(CN2COc3ccc4c5c(c(=O)oc4c3C2)CCC5)cc1. The monoisotopic (exact) mass is 347 g/mol. The van der Waals surface area contributed by atoms with Gasteiger partial charge in [-0.15, -0.1) is 0 Å². The maximum Gasteiger partial charge on any atom is 0.339 e. The van der Waals surface area contributed by atoms with Crippen molar-refractivity contribution in [1.82, 2.24) is 4.90 Å². The fourth-order valence-corrected chi connectivity index (χ4v) is 4.15. The van der Waals surface area contributed by atoms with Gasteiger partial charge in [-0.2, -0.15) is 0 Å². The van der Waals surface area contributed by atoms with Gasteiger partial charge in [0.2, 0.25) is 0 Å². The lowest BCUT2D eigenvalue weighted by Gasteiger charge is -2.29. The molecular weight excluding hydrogens is 326 g/mol. The van der Waals surface area contributed by atoms with Gasteiger partial charge in [0.25, 0.3) is 0 Å². The highest BCUT2D eigenvalue weighted by molar-refractivity contribution is 5.86. The van der Waals surface area contributed by atoms with Gasteiger partial charge in [-0.1, -0.05) is 29.8 Å². The van der Waals surface area contributed by atoms with Crippen LogP contribution in [0.2, 0.25) is 0 Å². The molecule has 3 aromatic rings. The van der Waals surface area contributed by atoms with E-state index >= 15 is 0 Å². The highest BCUT2D eigenvalue weighted by atomic mass is 16.5. The molecule has 0 spiro atoms. The average Bonchev–Trinajstić information content (AvgIpc) is 3.14.